The molecular weight excluding hydrogens is 709 g/mol. The summed E-state index contributed by atoms with van der Waals surface area (Å²) in [7, 11) is -5.75. The summed E-state index contributed by atoms with van der Waals surface area (Å²) in [6, 6.07) is 15.1. The number of nitrogens with one attached hydrogen (secondary N) is 2. The Balaban J connectivity index is 1.31. The molecule has 2 heterocycles. The van der Waals surface area contributed by atoms with Gasteiger partial charge in [-0.15, -0.1) is 0 Å². The first kappa shape index (κ1) is 39.5. The lowest BCUT2D eigenvalue weighted by atomic mass is 10.0. The number of ether oxygens (including phenoxy) is 1. The second-order valence-corrected chi connectivity index (χ2v) is 15.2. The Morgan fingerprint density at radius 2 is 1.74 bits per heavy atom. The molecule has 0 unspecified atom stereocenters. The Labute approximate surface area is 305 Å². The van der Waals surface area contributed by atoms with Crippen LogP contribution in [0.15, 0.2) is 72.8 Å². The van der Waals surface area contributed by atoms with Crippen molar-refractivity contribution in [2.24, 2.45) is 5.73 Å². The molecule has 2 aliphatic rings. The standard InChI is InChI=1S/C38H43F2N4O8P/c1-22-7-9-25(10-8-22)21-52-24(3)30(17-18-33(41)45)43-36(47)32-20-28-6-4-5-27-13-16-31(37(48)44(32)35(27)28)42-34(46)19-23(2)26-11-14-29(15-12-26)38(39,40)53(49,50)51/h4-12,14-15,19,24,30-32H,13,16-18,20-21H2,1-3H3,(H2,41,45)(H,42,46)(H,43,47)(H2,49,50,51)/b23-19+/t24-,30+,31+,32+/m1/s1. The van der Waals surface area contributed by atoms with E-state index in [-0.39, 0.29) is 32.3 Å². The number of benzene rings is 3. The van der Waals surface area contributed by atoms with Gasteiger partial charge in [-0.1, -0.05) is 72.3 Å². The van der Waals surface area contributed by atoms with Gasteiger partial charge in [-0.2, -0.15) is 8.78 Å². The van der Waals surface area contributed by atoms with Crippen LogP contribution in [0.1, 0.15) is 66.5 Å². The number of rotatable bonds is 14. The number of para-hydroxylation sites is 1. The van der Waals surface area contributed by atoms with Crippen molar-refractivity contribution in [2.45, 2.75) is 89.4 Å². The van der Waals surface area contributed by atoms with E-state index >= 15 is 0 Å². The number of halogens is 2. The van der Waals surface area contributed by atoms with Crippen LogP contribution in [-0.2, 0) is 53.6 Å². The van der Waals surface area contributed by atoms with Gasteiger partial charge >= 0.3 is 13.3 Å². The summed E-state index contributed by atoms with van der Waals surface area (Å²) in [4.78, 5) is 72.7. The van der Waals surface area contributed by atoms with E-state index in [0.29, 0.717) is 23.2 Å². The fourth-order valence-electron chi connectivity index (χ4n) is 6.60. The molecule has 53 heavy (non-hydrogen) atoms. The highest BCUT2D eigenvalue weighted by molar-refractivity contribution is 7.52. The summed E-state index contributed by atoms with van der Waals surface area (Å²) in [6.45, 7) is 5.61. The van der Waals surface area contributed by atoms with Crippen LogP contribution < -0.4 is 21.3 Å². The Hall–Kier alpha value is -4.75. The van der Waals surface area contributed by atoms with Gasteiger partial charge in [-0.3, -0.25) is 28.6 Å². The third-order valence-electron chi connectivity index (χ3n) is 9.66. The molecule has 5 rings (SSSR count). The van der Waals surface area contributed by atoms with Crippen molar-refractivity contribution in [1.29, 1.82) is 0 Å². The molecular formula is C38H43F2N4O8P. The largest absolute Gasteiger partial charge is 0.399 e. The van der Waals surface area contributed by atoms with Crippen molar-refractivity contribution in [3.63, 3.8) is 0 Å². The number of hydrogen-bond donors (Lipinski definition) is 5. The van der Waals surface area contributed by atoms with Crippen molar-refractivity contribution in [3.8, 4) is 0 Å². The fourth-order valence-corrected chi connectivity index (χ4v) is 7.08. The molecule has 3 aromatic rings. The highest BCUT2D eigenvalue weighted by Crippen LogP contribution is 2.59. The molecule has 4 amide bonds. The molecule has 4 atom stereocenters. The zero-order valence-corrected chi connectivity index (χ0v) is 30.4. The zero-order valence-electron chi connectivity index (χ0n) is 29.6. The molecule has 0 fully saturated rings. The van der Waals surface area contributed by atoms with Gasteiger partial charge in [0.05, 0.1) is 24.4 Å². The average molecular weight is 753 g/mol. The number of allylic oxidation sites excluding steroid dienone is 1. The number of aryl methyl sites for hydroxylation is 2. The molecule has 0 radical (unpaired) electrons. The van der Waals surface area contributed by atoms with Gasteiger partial charge in [0.1, 0.15) is 12.1 Å². The average Bonchev–Trinajstić information content (AvgIpc) is 3.45. The summed E-state index contributed by atoms with van der Waals surface area (Å²) in [5, 5.41) is 5.75. The van der Waals surface area contributed by atoms with Crippen LogP contribution in [-0.4, -0.2) is 57.6 Å². The number of nitrogens with zero attached hydrogens (tertiary/aromatic N) is 1. The van der Waals surface area contributed by atoms with Gasteiger partial charge in [0.25, 0.3) is 0 Å². The Morgan fingerprint density at radius 1 is 1.08 bits per heavy atom. The maximum atomic E-state index is 14.2. The van der Waals surface area contributed by atoms with Crippen LogP contribution in [0.2, 0.25) is 0 Å². The molecule has 282 valence electrons. The Kier molecular flexibility index (Phi) is 12.0. The van der Waals surface area contributed by atoms with Crippen molar-refractivity contribution in [3.05, 3.63) is 106 Å². The SMILES string of the molecule is C/C(=C\C(=O)N[C@H]1CCc2cccc3c2N(C1=O)[C@H](C(=O)N[C@@H](CCC(N)=O)[C@@H](C)OCc1ccc(C)cc1)C3)c1ccc(C(F)(F)P(=O)(O)O)cc1. The molecule has 0 saturated carbocycles. The van der Waals surface area contributed by atoms with Gasteiger partial charge in [-0.25, -0.2) is 0 Å². The van der Waals surface area contributed by atoms with Crippen LogP contribution >= 0.6 is 7.60 Å². The number of nitrogens with two attached hydrogens (primary N) is 1. The van der Waals surface area contributed by atoms with Crippen LogP contribution in [0.4, 0.5) is 14.5 Å². The maximum absolute atomic E-state index is 14.2. The second kappa shape index (κ2) is 16.1. The van der Waals surface area contributed by atoms with Crippen molar-refractivity contribution >= 4 is 42.5 Å². The van der Waals surface area contributed by atoms with Crippen molar-refractivity contribution in [2.75, 3.05) is 4.90 Å². The van der Waals surface area contributed by atoms with E-state index < -0.39 is 66.7 Å². The predicted octanol–water partition coefficient (Wildman–Crippen LogP) is 4.37. The van der Waals surface area contributed by atoms with Gasteiger partial charge in [0.15, 0.2) is 0 Å². The van der Waals surface area contributed by atoms with Crippen molar-refractivity contribution in [1.82, 2.24) is 10.6 Å². The summed E-state index contributed by atoms with van der Waals surface area (Å²) in [5.41, 5.74) is 5.22. The topological polar surface area (TPSA) is 188 Å². The number of carbonyl (C=O) groups is 4. The molecule has 0 bridgehead atoms. The number of alkyl halides is 2. The summed E-state index contributed by atoms with van der Waals surface area (Å²) >= 11 is 0. The summed E-state index contributed by atoms with van der Waals surface area (Å²) in [5.74, 6) is -2.09. The number of hydrogen-bond acceptors (Lipinski definition) is 6. The second-order valence-electron chi connectivity index (χ2n) is 13.6. The lowest BCUT2D eigenvalue weighted by molar-refractivity contribution is -0.129. The molecule has 0 aliphatic carbocycles. The van der Waals surface area contributed by atoms with E-state index in [1.807, 2.05) is 49.4 Å². The van der Waals surface area contributed by atoms with E-state index in [2.05, 4.69) is 10.6 Å². The normalized spacial score (nSPS) is 18.5. The van der Waals surface area contributed by atoms with Gasteiger partial charge < -0.3 is 30.9 Å². The quantitative estimate of drug-likeness (QED) is 0.119. The third-order valence-corrected chi connectivity index (χ3v) is 10.6. The van der Waals surface area contributed by atoms with E-state index in [1.165, 1.54) is 23.1 Å². The van der Waals surface area contributed by atoms with Crippen LogP contribution in [0.25, 0.3) is 5.57 Å². The lowest BCUT2D eigenvalue weighted by Gasteiger charge is -2.31. The van der Waals surface area contributed by atoms with Crippen molar-refractivity contribution < 1.29 is 47.0 Å². The molecule has 15 heteroatoms. The minimum Gasteiger partial charge on any atom is -0.372 e. The number of amides is 4. The molecule has 0 saturated heterocycles. The maximum Gasteiger partial charge on any atom is 0.399 e. The van der Waals surface area contributed by atoms with Gasteiger partial charge in [0, 0.05) is 24.5 Å². The number of primary amides is 1. The molecule has 2 aliphatic heterocycles. The van der Waals surface area contributed by atoms with Gasteiger partial charge in [0.2, 0.25) is 23.6 Å². The predicted molar refractivity (Wildman–Crippen MR) is 193 cm³/mol. The number of anilines is 1. The molecule has 0 aromatic heterocycles. The molecule has 6 N–H and O–H groups in total. The van der Waals surface area contributed by atoms with E-state index in [9.17, 15) is 32.5 Å². The smallest absolute Gasteiger partial charge is 0.372 e. The molecule has 3 aromatic carbocycles. The first-order valence-corrected chi connectivity index (χ1v) is 18.8. The summed E-state index contributed by atoms with van der Waals surface area (Å²) in [6.07, 6.45) is 1.82. The fraction of sp³-hybridized carbons (Fsp3) is 0.368. The highest BCUT2D eigenvalue weighted by atomic mass is 31.2. The minimum absolute atomic E-state index is 0.00588. The zero-order chi connectivity index (χ0) is 38.7. The monoisotopic (exact) mass is 752 g/mol. The van der Waals surface area contributed by atoms with Crippen LogP contribution in [0, 0.1) is 6.92 Å². The lowest BCUT2D eigenvalue weighted by Crippen LogP contribution is -2.56. The summed E-state index contributed by atoms with van der Waals surface area (Å²) < 4.78 is 45.6. The number of carbonyl (C=O) groups excluding carboxylic acids is 4. The van der Waals surface area contributed by atoms with Crippen LogP contribution in [0.5, 0.6) is 0 Å². The first-order valence-electron chi connectivity index (χ1n) is 17.2. The highest BCUT2D eigenvalue weighted by Gasteiger charge is 2.50. The Bertz CT molecular complexity index is 1950. The minimum atomic E-state index is -5.75. The third kappa shape index (κ3) is 9.08. The van der Waals surface area contributed by atoms with Gasteiger partial charge in [-0.05, 0) is 67.9 Å². The van der Waals surface area contributed by atoms with E-state index in [4.69, 9.17) is 20.3 Å². The molecule has 0 spiro atoms. The molecule has 12 nitrogen and oxygen atoms in total. The first-order chi connectivity index (χ1) is 25.0. The van der Waals surface area contributed by atoms with E-state index in [1.54, 1.807) is 13.8 Å². The Morgan fingerprint density at radius 3 is 2.38 bits per heavy atom. The van der Waals surface area contributed by atoms with E-state index in [0.717, 1.165) is 34.4 Å². The van der Waals surface area contributed by atoms with Crippen LogP contribution in [0.3, 0.4) is 0 Å².